The SMILES string of the molecule is CCc1cc(C(F)(F)F)cc(C(=O)OC)c1N. The number of nitrogen functional groups attached to an aromatic ring is 1. The van der Waals surface area contributed by atoms with E-state index >= 15 is 0 Å². The van der Waals surface area contributed by atoms with Crippen LogP contribution >= 0.6 is 0 Å². The molecular formula is C11H12F3NO2. The summed E-state index contributed by atoms with van der Waals surface area (Å²) in [7, 11) is 1.09. The normalized spacial score (nSPS) is 11.4. The molecule has 0 bridgehead atoms. The zero-order valence-corrected chi connectivity index (χ0v) is 9.39. The molecule has 0 saturated carbocycles. The minimum absolute atomic E-state index is 0.0346. The van der Waals surface area contributed by atoms with E-state index in [9.17, 15) is 18.0 Å². The number of carbonyl (C=O) groups is 1. The van der Waals surface area contributed by atoms with Gasteiger partial charge in [0.15, 0.2) is 0 Å². The van der Waals surface area contributed by atoms with Crippen molar-refractivity contribution in [3.63, 3.8) is 0 Å². The minimum Gasteiger partial charge on any atom is -0.465 e. The molecule has 0 heterocycles. The van der Waals surface area contributed by atoms with E-state index in [1.165, 1.54) is 0 Å². The van der Waals surface area contributed by atoms with Gasteiger partial charge in [-0.3, -0.25) is 0 Å². The second-order valence-corrected chi connectivity index (χ2v) is 3.44. The number of halogens is 3. The average molecular weight is 247 g/mol. The van der Waals surface area contributed by atoms with Crippen LogP contribution in [0, 0.1) is 0 Å². The van der Waals surface area contributed by atoms with Gasteiger partial charge < -0.3 is 10.5 Å². The van der Waals surface area contributed by atoms with Crippen LogP contribution in [-0.2, 0) is 17.3 Å². The molecule has 0 aromatic heterocycles. The summed E-state index contributed by atoms with van der Waals surface area (Å²) in [6, 6.07) is 1.65. The number of methoxy groups -OCH3 is 1. The number of hydrogen-bond donors (Lipinski definition) is 1. The number of ether oxygens (including phenoxy) is 1. The predicted octanol–water partition coefficient (Wildman–Crippen LogP) is 2.64. The number of carbonyl (C=O) groups excluding carboxylic acids is 1. The molecule has 1 rings (SSSR count). The van der Waals surface area contributed by atoms with Gasteiger partial charge in [0.25, 0.3) is 0 Å². The molecule has 0 unspecified atom stereocenters. The first-order valence-electron chi connectivity index (χ1n) is 4.89. The molecule has 94 valence electrons. The number of esters is 1. The van der Waals surface area contributed by atoms with Gasteiger partial charge in [-0.05, 0) is 24.1 Å². The number of nitrogens with two attached hydrogens (primary N) is 1. The van der Waals surface area contributed by atoms with Crippen molar-refractivity contribution in [3.8, 4) is 0 Å². The number of aryl methyl sites for hydroxylation is 1. The van der Waals surface area contributed by atoms with Crippen molar-refractivity contribution in [2.24, 2.45) is 0 Å². The molecule has 17 heavy (non-hydrogen) atoms. The maximum atomic E-state index is 12.6. The Labute approximate surface area is 96.4 Å². The molecular weight excluding hydrogens is 235 g/mol. The molecule has 0 aliphatic heterocycles. The van der Waals surface area contributed by atoms with Crippen LogP contribution < -0.4 is 5.73 Å². The van der Waals surface area contributed by atoms with Crippen molar-refractivity contribution >= 4 is 11.7 Å². The lowest BCUT2D eigenvalue weighted by molar-refractivity contribution is -0.137. The van der Waals surface area contributed by atoms with Gasteiger partial charge in [0, 0.05) is 5.69 Å². The highest BCUT2D eigenvalue weighted by Gasteiger charge is 2.32. The highest BCUT2D eigenvalue weighted by molar-refractivity contribution is 5.96. The molecule has 1 aromatic rings. The molecule has 2 N–H and O–H groups in total. The second-order valence-electron chi connectivity index (χ2n) is 3.44. The van der Waals surface area contributed by atoms with Crippen molar-refractivity contribution in [1.82, 2.24) is 0 Å². The van der Waals surface area contributed by atoms with Crippen molar-refractivity contribution in [2.45, 2.75) is 19.5 Å². The highest BCUT2D eigenvalue weighted by Crippen LogP contribution is 2.33. The Balaban J connectivity index is 3.44. The van der Waals surface area contributed by atoms with Crippen LogP contribution in [0.4, 0.5) is 18.9 Å². The van der Waals surface area contributed by atoms with Gasteiger partial charge in [-0.1, -0.05) is 6.92 Å². The molecule has 0 aliphatic rings. The summed E-state index contributed by atoms with van der Waals surface area (Å²) in [4.78, 5) is 11.3. The molecule has 6 heteroatoms. The molecule has 3 nitrogen and oxygen atoms in total. The van der Waals surface area contributed by atoms with Crippen LogP contribution in [0.3, 0.4) is 0 Å². The summed E-state index contributed by atoms with van der Waals surface area (Å²) >= 11 is 0. The zero-order chi connectivity index (χ0) is 13.2. The van der Waals surface area contributed by atoms with Crippen LogP contribution in [-0.4, -0.2) is 13.1 Å². The fourth-order valence-electron chi connectivity index (χ4n) is 1.45. The maximum absolute atomic E-state index is 12.6. The van der Waals surface area contributed by atoms with Crippen LogP contribution in [0.2, 0.25) is 0 Å². The number of hydrogen-bond acceptors (Lipinski definition) is 3. The Morgan fingerprint density at radius 2 is 2.00 bits per heavy atom. The van der Waals surface area contributed by atoms with Gasteiger partial charge in [0.1, 0.15) is 0 Å². The number of alkyl halides is 3. The zero-order valence-electron chi connectivity index (χ0n) is 9.39. The minimum atomic E-state index is -4.51. The van der Waals surface area contributed by atoms with Crippen LogP contribution in [0.15, 0.2) is 12.1 Å². The van der Waals surface area contributed by atoms with Gasteiger partial charge in [0.2, 0.25) is 0 Å². The molecule has 1 aromatic carbocycles. The summed E-state index contributed by atoms with van der Waals surface area (Å²) in [6.07, 6.45) is -4.21. The fraction of sp³-hybridized carbons (Fsp3) is 0.364. The summed E-state index contributed by atoms with van der Waals surface area (Å²) in [5, 5.41) is 0. The molecule has 0 radical (unpaired) electrons. The van der Waals surface area contributed by atoms with Gasteiger partial charge in [0.05, 0.1) is 18.2 Å². The van der Waals surface area contributed by atoms with Gasteiger partial charge in [-0.25, -0.2) is 4.79 Å². The van der Waals surface area contributed by atoms with E-state index in [0.717, 1.165) is 13.2 Å². The van der Waals surface area contributed by atoms with Gasteiger partial charge in [-0.2, -0.15) is 13.2 Å². The van der Waals surface area contributed by atoms with E-state index in [1.54, 1.807) is 6.92 Å². The lowest BCUT2D eigenvalue weighted by Crippen LogP contribution is -2.13. The maximum Gasteiger partial charge on any atom is 0.416 e. The first kappa shape index (κ1) is 13.3. The standard InChI is InChI=1S/C11H12F3NO2/c1-3-6-4-7(11(12,13)14)5-8(9(6)15)10(16)17-2/h4-5H,3,15H2,1-2H3. The largest absolute Gasteiger partial charge is 0.465 e. The third-order valence-corrected chi connectivity index (χ3v) is 2.38. The third-order valence-electron chi connectivity index (χ3n) is 2.38. The average Bonchev–Trinajstić information content (AvgIpc) is 2.26. The molecule has 0 spiro atoms. The first-order valence-corrected chi connectivity index (χ1v) is 4.89. The van der Waals surface area contributed by atoms with Crippen molar-refractivity contribution < 1.29 is 22.7 Å². The van der Waals surface area contributed by atoms with Crippen LogP contribution in [0.5, 0.6) is 0 Å². The van der Waals surface area contributed by atoms with E-state index in [2.05, 4.69) is 4.74 Å². The van der Waals surface area contributed by atoms with Gasteiger partial charge >= 0.3 is 12.1 Å². The van der Waals surface area contributed by atoms with Crippen molar-refractivity contribution in [1.29, 1.82) is 0 Å². The second kappa shape index (κ2) is 4.65. The fourth-order valence-corrected chi connectivity index (χ4v) is 1.45. The highest BCUT2D eigenvalue weighted by atomic mass is 19.4. The Morgan fingerprint density at radius 3 is 2.41 bits per heavy atom. The molecule has 0 atom stereocenters. The molecule has 0 fully saturated rings. The summed E-state index contributed by atoms with van der Waals surface area (Å²) < 4.78 is 42.2. The lowest BCUT2D eigenvalue weighted by Gasteiger charge is -2.13. The number of anilines is 1. The quantitative estimate of drug-likeness (QED) is 0.645. The smallest absolute Gasteiger partial charge is 0.416 e. The lowest BCUT2D eigenvalue weighted by atomic mass is 10.0. The van der Waals surface area contributed by atoms with E-state index in [-0.39, 0.29) is 16.8 Å². The van der Waals surface area contributed by atoms with Crippen molar-refractivity contribution in [3.05, 3.63) is 28.8 Å². The Bertz CT molecular complexity index is 441. The predicted molar refractivity (Wildman–Crippen MR) is 56.6 cm³/mol. The van der Waals surface area contributed by atoms with E-state index in [4.69, 9.17) is 5.73 Å². The van der Waals surface area contributed by atoms with Crippen molar-refractivity contribution in [2.75, 3.05) is 12.8 Å². The van der Waals surface area contributed by atoms with Crippen LogP contribution in [0.1, 0.15) is 28.4 Å². The summed E-state index contributed by atoms with van der Waals surface area (Å²) in [6.45, 7) is 1.66. The summed E-state index contributed by atoms with van der Waals surface area (Å²) in [5.74, 6) is -0.872. The number of rotatable bonds is 2. The van der Waals surface area contributed by atoms with E-state index in [0.29, 0.717) is 12.5 Å². The molecule has 0 amide bonds. The molecule has 0 aliphatic carbocycles. The van der Waals surface area contributed by atoms with Gasteiger partial charge in [-0.15, -0.1) is 0 Å². The van der Waals surface area contributed by atoms with E-state index < -0.39 is 17.7 Å². The molecule has 0 saturated heterocycles. The third kappa shape index (κ3) is 2.69. The summed E-state index contributed by atoms with van der Waals surface area (Å²) in [5.41, 5.74) is 4.78. The Morgan fingerprint density at radius 1 is 1.41 bits per heavy atom. The topological polar surface area (TPSA) is 52.3 Å². The first-order chi connectivity index (χ1) is 7.81. The van der Waals surface area contributed by atoms with Crippen LogP contribution in [0.25, 0.3) is 0 Å². The Kier molecular flexibility index (Phi) is 3.65. The monoisotopic (exact) mass is 247 g/mol. The number of benzene rings is 1. The Hall–Kier alpha value is -1.72. The van der Waals surface area contributed by atoms with E-state index in [1.807, 2.05) is 0 Å².